The van der Waals surface area contributed by atoms with Crippen molar-refractivity contribution in [3.05, 3.63) is 95.7 Å². The van der Waals surface area contributed by atoms with Crippen molar-refractivity contribution < 1.29 is 13.2 Å². The number of sulfonamides is 1. The van der Waals surface area contributed by atoms with Gasteiger partial charge in [0, 0.05) is 36.4 Å². The van der Waals surface area contributed by atoms with Crippen molar-refractivity contribution in [3.63, 3.8) is 0 Å². The van der Waals surface area contributed by atoms with Gasteiger partial charge in [-0.15, -0.1) is 0 Å². The molecule has 160 valence electrons. The van der Waals surface area contributed by atoms with E-state index < -0.39 is 10.0 Å². The molecule has 0 fully saturated rings. The van der Waals surface area contributed by atoms with E-state index in [-0.39, 0.29) is 10.8 Å². The second-order valence-electron chi connectivity index (χ2n) is 7.30. The van der Waals surface area contributed by atoms with E-state index in [4.69, 9.17) is 5.26 Å². The van der Waals surface area contributed by atoms with Gasteiger partial charge in [0.15, 0.2) is 0 Å². The number of amides is 1. The van der Waals surface area contributed by atoms with Gasteiger partial charge >= 0.3 is 0 Å². The molecular weight excluding hydrogens is 424 g/mol. The summed E-state index contributed by atoms with van der Waals surface area (Å²) in [5, 5.41) is 12.4. The maximum atomic E-state index is 12.9. The predicted molar refractivity (Wildman–Crippen MR) is 122 cm³/mol. The van der Waals surface area contributed by atoms with Gasteiger partial charge in [-0.05, 0) is 48.0 Å². The minimum absolute atomic E-state index is 0.161. The first-order valence-corrected chi connectivity index (χ1v) is 11.3. The molecule has 2 N–H and O–H groups in total. The van der Waals surface area contributed by atoms with E-state index in [9.17, 15) is 13.2 Å². The fourth-order valence-electron chi connectivity index (χ4n) is 3.42. The van der Waals surface area contributed by atoms with Gasteiger partial charge in [-0.1, -0.05) is 30.3 Å². The molecule has 0 unspecified atom stereocenters. The molecule has 0 aliphatic carbocycles. The molecule has 7 nitrogen and oxygen atoms in total. The summed E-state index contributed by atoms with van der Waals surface area (Å²) in [7, 11) is -1.91. The summed E-state index contributed by atoms with van der Waals surface area (Å²) in [6.45, 7) is 0.307. The van der Waals surface area contributed by atoms with Crippen LogP contribution in [-0.4, -0.2) is 18.9 Å². The van der Waals surface area contributed by atoms with Gasteiger partial charge in [0.05, 0.1) is 22.1 Å². The monoisotopic (exact) mass is 444 g/mol. The lowest BCUT2D eigenvalue weighted by Gasteiger charge is -2.09. The zero-order chi connectivity index (χ0) is 22.7. The highest BCUT2D eigenvalue weighted by Crippen LogP contribution is 2.26. The molecule has 1 aromatic heterocycles. The Hall–Kier alpha value is -4.09. The summed E-state index contributed by atoms with van der Waals surface area (Å²) >= 11 is 0. The molecule has 0 saturated heterocycles. The second-order valence-corrected chi connectivity index (χ2v) is 8.98. The summed E-state index contributed by atoms with van der Waals surface area (Å²) in [6, 6.07) is 22.2. The summed E-state index contributed by atoms with van der Waals surface area (Å²) in [4.78, 5) is 13.0. The molecule has 0 spiro atoms. The van der Waals surface area contributed by atoms with E-state index in [2.05, 4.69) is 16.1 Å². The number of fused-ring (bicyclic) bond motifs is 1. The molecule has 8 heteroatoms. The number of rotatable bonds is 6. The lowest BCUT2D eigenvalue weighted by molar-refractivity contribution is 0.0952. The third kappa shape index (κ3) is 4.33. The molecule has 1 heterocycles. The van der Waals surface area contributed by atoms with Gasteiger partial charge in [-0.25, -0.2) is 8.42 Å². The maximum absolute atomic E-state index is 12.9. The molecule has 3 aromatic carbocycles. The van der Waals surface area contributed by atoms with Crippen molar-refractivity contribution in [1.29, 1.82) is 5.26 Å². The highest BCUT2D eigenvalue weighted by molar-refractivity contribution is 7.92. The first kappa shape index (κ1) is 21.2. The molecule has 4 aromatic rings. The number of nitrogens with one attached hydrogen (secondary N) is 2. The van der Waals surface area contributed by atoms with E-state index in [1.807, 2.05) is 11.6 Å². The normalized spacial score (nSPS) is 11.1. The Morgan fingerprint density at radius 2 is 1.75 bits per heavy atom. The topological polar surface area (TPSA) is 104 Å². The van der Waals surface area contributed by atoms with E-state index in [1.54, 1.807) is 66.9 Å². The Kier molecular flexibility index (Phi) is 5.67. The second kappa shape index (κ2) is 8.57. The van der Waals surface area contributed by atoms with Crippen LogP contribution in [-0.2, 0) is 23.6 Å². The minimum atomic E-state index is -3.74. The Morgan fingerprint density at radius 1 is 1.03 bits per heavy atom. The number of nitriles is 1. The van der Waals surface area contributed by atoms with Gasteiger partial charge in [0.1, 0.15) is 0 Å². The highest BCUT2D eigenvalue weighted by Gasteiger charge is 2.17. The number of aryl methyl sites for hydroxylation is 1. The number of carbonyl (C=O) groups is 1. The van der Waals surface area contributed by atoms with Crippen LogP contribution in [0.1, 0.15) is 21.5 Å². The van der Waals surface area contributed by atoms with Crippen molar-refractivity contribution in [3.8, 4) is 6.07 Å². The first-order valence-electron chi connectivity index (χ1n) is 9.81. The highest BCUT2D eigenvalue weighted by atomic mass is 32.2. The van der Waals surface area contributed by atoms with Crippen LogP contribution in [0, 0.1) is 11.3 Å². The van der Waals surface area contributed by atoms with E-state index in [0.717, 1.165) is 11.1 Å². The summed E-state index contributed by atoms with van der Waals surface area (Å²) in [5.41, 5.74) is 3.04. The van der Waals surface area contributed by atoms with E-state index >= 15 is 0 Å². The number of nitrogens with zero attached hydrogens (tertiary/aromatic N) is 2. The average molecular weight is 445 g/mol. The molecule has 0 radical (unpaired) electrons. The molecule has 0 atom stereocenters. The number of aromatic nitrogens is 1. The number of benzene rings is 3. The van der Waals surface area contributed by atoms with Crippen LogP contribution in [0.2, 0.25) is 0 Å². The molecule has 4 rings (SSSR count). The lowest BCUT2D eigenvalue weighted by atomic mass is 10.1. The molecule has 0 aliphatic heterocycles. The Labute approximate surface area is 186 Å². The fraction of sp³-hybridized carbons (Fsp3) is 0.0833. The van der Waals surface area contributed by atoms with Gasteiger partial charge < -0.3 is 9.88 Å². The number of anilines is 1. The SMILES string of the molecule is Cn1cc(C(=O)NCc2ccc(C#N)cc2)c2cc(NS(=O)(=O)c3ccccc3)ccc21. The molecule has 0 saturated carbocycles. The molecular formula is C24H20N4O3S. The number of hydrogen-bond acceptors (Lipinski definition) is 4. The standard InChI is InChI=1S/C24H20N4O3S/c1-28-16-22(24(29)26-15-18-9-7-17(14-25)8-10-18)21-13-19(11-12-23(21)28)27-32(30,31)20-5-3-2-4-6-20/h2-13,16,27H,15H2,1H3,(H,26,29). The van der Waals surface area contributed by atoms with Crippen LogP contribution < -0.4 is 10.0 Å². The van der Waals surface area contributed by atoms with Crippen LogP contribution in [0.4, 0.5) is 5.69 Å². The Bertz CT molecular complexity index is 1430. The molecule has 32 heavy (non-hydrogen) atoms. The summed E-state index contributed by atoms with van der Waals surface area (Å²) < 4.78 is 29.7. The van der Waals surface area contributed by atoms with Crippen molar-refractivity contribution in [1.82, 2.24) is 9.88 Å². The largest absolute Gasteiger partial charge is 0.350 e. The van der Waals surface area contributed by atoms with Crippen LogP contribution in [0.25, 0.3) is 10.9 Å². The van der Waals surface area contributed by atoms with Crippen molar-refractivity contribution >= 4 is 32.5 Å². The van der Waals surface area contributed by atoms with E-state index in [1.165, 1.54) is 12.1 Å². The Morgan fingerprint density at radius 3 is 2.44 bits per heavy atom. The molecule has 0 bridgehead atoms. The maximum Gasteiger partial charge on any atom is 0.261 e. The van der Waals surface area contributed by atoms with Crippen LogP contribution >= 0.6 is 0 Å². The van der Waals surface area contributed by atoms with Crippen molar-refractivity contribution in [2.75, 3.05) is 4.72 Å². The summed E-state index contributed by atoms with van der Waals surface area (Å²) in [6.07, 6.45) is 1.72. The van der Waals surface area contributed by atoms with Crippen LogP contribution in [0.3, 0.4) is 0 Å². The first-order chi connectivity index (χ1) is 15.4. The lowest BCUT2D eigenvalue weighted by Crippen LogP contribution is -2.22. The van der Waals surface area contributed by atoms with Crippen LogP contribution in [0.5, 0.6) is 0 Å². The molecule has 1 amide bonds. The third-order valence-corrected chi connectivity index (χ3v) is 6.47. The van der Waals surface area contributed by atoms with Crippen molar-refractivity contribution in [2.45, 2.75) is 11.4 Å². The summed E-state index contributed by atoms with van der Waals surface area (Å²) in [5.74, 6) is -0.275. The van der Waals surface area contributed by atoms with Crippen LogP contribution in [0.15, 0.2) is 83.9 Å². The van der Waals surface area contributed by atoms with Gasteiger partial charge in [-0.3, -0.25) is 9.52 Å². The molecule has 0 aliphatic rings. The zero-order valence-corrected chi connectivity index (χ0v) is 18.1. The third-order valence-electron chi connectivity index (χ3n) is 5.08. The fourth-order valence-corrected chi connectivity index (χ4v) is 4.50. The minimum Gasteiger partial charge on any atom is -0.350 e. The van der Waals surface area contributed by atoms with Gasteiger partial charge in [0.25, 0.3) is 15.9 Å². The van der Waals surface area contributed by atoms with Gasteiger partial charge in [-0.2, -0.15) is 5.26 Å². The smallest absolute Gasteiger partial charge is 0.261 e. The average Bonchev–Trinajstić information content (AvgIpc) is 3.14. The Balaban J connectivity index is 1.58. The number of carbonyl (C=O) groups excluding carboxylic acids is 1. The van der Waals surface area contributed by atoms with Gasteiger partial charge in [0.2, 0.25) is 0 Å². The number of hydrogen-bond donors (Lipinski definition) is 2. The zero-order valence-electron chi connectivity index (χ0n) is 17.2. The van der Waals surface area contributed by atoms with E-state index in [0.29, 0.717) is 28.7 Å². The predicted octanol–water partition coefficient (Wildman–Crippen LogP) is 3.78. The van der Waals surface area contributed by atoms with Crippen molar-refractivity contribution in [2.24, 2.45) is 7.05 Å². The quantitative estimate of drug-likeness (QED) is 0.472.